The van der Waals surface area contributed by atoms with Gasteiger partial charge in [0.2, 0.25) is 0 Å². The summed E-state index contributed by atoms with van der Waals surface area (Å²) in [6.07, 6.45) is 1.41. The summed E-state index contributed by atoms with van der Waals surface area (Å²) in [6, 6.07) is 6.62. The molecule has 16 heavy (non-hydrogen) atoms. The van der Waals surface area contributed by atoms with Crippen LogP contribution < -0.4 is 0 Å². The molecule has 0 saturated carbocycles. The van der Waals surface area contributed by atoms with Crippen LogP contribution in [0.3, 0.4) is 0 Å². The van der Waals surface area contributed by atoms with Crippen LogP contribution in [-0.4, -0.2) is 31.2 Å². The molecule has 0 fully saturated rings. The van der Waals surface area contributed by atoms with Crippen molar-refractivity contribution in [2.24, 2.45) is 0 Å². The third-order valence-electron chi connectivity index (χ3n) is 2.08. The highest BCUT2D eigenvalue weighted by molar-refractivity contribution is 5.70. The van der Waals surface area contributed by atoms with Gasteiger partial charge in [0, 0.05) is 5.56 Å². The average Bonchev–Trinajstić information content (AvgIpc) is 2.66. The van der Waals surface area contributed by atoms with Crippen molar-refractivity contribution in [2.75, 3.05) is 0 Å². The van der Waals surface area contributed by atoms with Crippen molar-refractivity contribution < 1.29 is 15.0 Å². The maximum absolute atomic E-state index is 10.6. The van der Waals surface area contributed by atoms with E-state index in [0.29, 0.717) is 11.3 Å². The second kappa shape index (κ2) is 4.01. The Morgan fingerprint density at radius 1 is 1.38 bits per heavy atom. The van der Waals surface area contributed by atoms with Gasteiger partial charge in [-0.15, -0.1) is 5.10 Å². The summed E-state index contributed by atoms with van der Waals surface area (Å²) < 4.78 is 1.22. The third kappa shape index (κ3) is 1.85. The van der Waals surface area contributed by atoms with Crippen LogP contribution >= 0.6 is 0 Å². The highest BCUT2D eigenvalue weighted by atomic mass is 16.4. The van der Waals surface area contributed by atoms with Crippen LogP contribution in [-0.2, 0) is 11.3 Å². The minimum atomic E-state index is -1.01. The van der Waals surface area contributed by atoms with E-state index in [-0.39, 0.29) is 12.3 Å². The maximum atomic E-state index is 10.6. The van der Waals surface area contributed by atoms with Gasteiger partial charge >= 0.3 is 5.97 Å². The van der Waals surface area contributed by atoms with Crippen LogP contribution in [0.2, 0.25) is 0 Å². The average molecular weight is 219 g/mol. The van der Waals surface area contributed by atoms with Crippen molar-refractivity contribution in [1.29, 1.82) is 0 Å². The van der Waals surface area contributed by atoms with Gasteiger partial charge in [0.25, 0.3) is 0 Å². The molecule has 1 aromatic carbocycles. The molecule has 0 radical (unpaired) electrons. The number of para-hydroxylation sites is 1. The van der Waals surface area contributed by atoms with Gasteiger partial charge in [0.1, 0.15) is 12.3 Å². The van der Waals surface area contributed by atoms with E-state index in [0.717, 1.165) is 0 Å². The summed E-state index contributed by atoms with van der Waals surface area (Å²) in [5.41, 5.74) is 0.981. The number of aliphatic carboxylic acids is 1. The number of carbonyl (C=O) groups is 1. The molecule has 6 heteroatoms. The predicted molar refractivity (Wildman–Crippen MR) is 54.8 cm³/mol. The zero-order chi connectivity index (χ0) is 11.5. The third-order valence-corrected chi connectivity index (χ3v) is 2.08. The zero-order valence-corrected chi connectivity index (χ0v) is 8.24. The van der Waals surface area contributed by atoms with Crippen LogP contribution in [0.15, 0.2) is 30.5 Å². The second-order valence-electron chi connectivity index (χ2n) is 3.19. The molecular weight excluding hydrogens is 210 g/mol. The molecule has 82 valence electrons. The van der Waals surface area contributed by atoms with Crippen molar-refractivity contribution in [3.05, 3.63) is 30.5 Å². The Hall–Kier alpha value is -2.37. The fraction of sp³-hybridized carbons (Fsp3) is 0.100. The standard InChI is InChI=1S/C10H9N3O3/c14-9-4-2-1-3-7(9)8-5-11-12-13(8)6-10(15)16/h1-5,14H,6H2,(H,15,16). The molecule has 1 heterocycles. The summed E-state index contributed by atoms with van der Waals surface area (Å²) in [5, 5.41) is 25.6. The topological polar surface area (TPSA) is 88.2 Å². The van der Waals surface area contributed by atoms with Gasteiger partial charge in [-0.2, -0.15) is 0 Å². The molecule has 0 unspecified atom stereocenters. The number of aromatic nitrogens is 3. The minimum absolute atomic E-state index is 0.0661. The molecule has 0 saturated heterocycles. The molecule has 6 nitrogen and oxygen atoms in total. The first-order valence-electron chi connectivity index (χ1n) is 4.57. The van der Waals surface area contributed by atoms with Gasteiger partial charge in [-0.1, -0.05) is 17.3 Å². The fourth-order valence-corrected chi connectivity index (χ4v) is 1.40. The van der Waals surface area contributed by atoms with Crippen molar-refractivity contribution in [2.45, 2.75) is 6.54 Å². The monoisotopic (exact) mass is 219 g/mol. The largest absolute Gasteiger partial charge is 0.507 e. The number of hydrogen-bond acceptors (Lipinski definition) is 4. The lowest BCUT2D eigenvalue weighted by Crippen LogP contribution is -2.11. The van der Waals surface area contributed by atoms with Crippen molar-refractivity contribution in [3.8, 4) is 17.0 Å². The molecule has 0 aliphatic rings. The van der Waals surface area contributed by atoms with E-state index >= 15 is 0 Å². The molecule has 0 aliphatic heterocycles. The molecule has 2 aromatic rings. The van der Waals surface area contributed by atoms with E-state index in [4.69, 9.17) is 5.11 Å². The van der Waals surface area contributed by atoms with Gasteiger partial charge in [0.05, 0.1) is 11.9 Å². The minimum Gasteiger partial charge on any atom is -0.507 e. The van der Waals surface area contributed by atoms with Crippen molar-refractivity contribution in [3.63, 3.8) is 0 Å². The van der Waals surface area contributed by atoms with E-state index in [2.05, 4.69) is 10.3 Å². The van der Waals surface area contributed by atoms with Gasteiger partial charge < -0.3 is 10.2 Å². The first-order chi connectivity index (χ1) is 7.68. The van der Waals surface area contributed by atoms with Gasteiger partial charge in [-0.3, -0.25) is 4.79 Å². The second-order valence-corrected chi connectivity index (χ2v) is 3.19. The van der Waals surface area contributed by atoms with Gasteiger partial charge in [-0.05, 0) is 12.1 Å². The molecule has 2 N–H and O–H groups in total. The van der Waals surface area contributed by atoms with Crippen LogP contribution in [0.25, 0.3) is 11.3 Å². The highest BCUT2D eigenvalue weighted by Crippen LogP contribution is 2.27. The number of aromatic hydroxyl groups is 1. The number of carboxylic acids is 1. The zero-order valence-electron chi connectivity index (χ0n) is 8.24. The summed E-state index contributed by atoms with van der Waals surface area (Å²) in [5.74, 6) is -0.946. The smallest absolute Gasteiger partial charge is 0.325 e. The molecule has 0 aliphatic carbocycles. The van der Waals surface area contributed by atoms with E-state index in [9.17, 15) is 9.90 Å². The Kier molecular flexibility index (Phi) is 2.55. The SMILES string of the molecule is O=C(O)Cn1nncc1-c1ccccc1O. The number of rotatable bonds is 3. The lowest BCUT2D eigenvalue weighted by Gasteiger charge is -2.05. The summed E-state index contributed by atoms with van der Waals surface area (Å²) in [6.45, 7) is -0.288. The highest BCUT2D eigenvalue weighted by Gasteiger charge is 2.12. The number of phenols is 1. The first-order valence-corrected chi connectivity index (χ1v) is 4.57. The predicted octanol–water partition coefficient (Wildman–Crippen LogP) is 0.735. The van der Waals surface area contributed by atoms with Crippen LogP contribution in [0, 0.1) is 0 Å². The maximum Gasteiger partial charge on any atom is 0.325 e. The first kappa shape index (κ1) is 10.2. The Labute approximate surface area is 90.8 Å². The lowest BCUT2D eigenvalue weighted by atomic mass is 10.1. The van der Waals surface area contributed by atoms with Crippen molar-refractivity contribution in [1.82, 2.24) is 15.0 Å². The Bertz CT molecular complexity index is 522. The molecule has 0 bridgehead atoms. The lowest BCUT2D eigenvalue weighted by molar-refractivity contribution is -0.137. The van der Waals surface area contributed by atoms with Crippen LogP contribution in [0.4, 0.5) is 0 Å². The number of hydrogen-bond donors (Lipinski definition) is 2. The Balaban J connectivity index is 2.45. The molecule has 0 spiro atoms. The van der Waals surface area contributed by atoms with Gasteiger partial charge in [0.15, 0.2) is 0 Å². The molecule has 0 amide bonds. The quantitative estimate of drug-likeness (QED) is 0.794. The number of nitrogens with zero attached hydrogens (tertiary/aromatic N) is 3. The number of phenolic OH excluding ortho intramolecular Hbond substituents is 1. The van der Waals surface area contributed by atoms with Crippen LogP contribution in [0.5, 0.6) is 5.75 Å². The molecular formula is C10H9N3O3. The van der Waals surface area contributed by atoms with E-state index < -0.39 is 5.97 Å². The number of carboxylic acid groups (broad SMARTS) is 1. The molecule has 1 aromatic heterocycles. The van der Waals surface area contributed by atoms with E-state index in [1.165, 1.54) is 16.9 Å². The summed E-state index contributed by atoms with van der Waals surface area (Å²) in [4.78, 5) is 10.6. The fourth-order valence-electron chi connectivity index (χ4n) is 1.40. The van der Waals surface area contributed by atoms with Gasteiger partial charge in [-0.25, -0.2) is 4.68 Å². The molecule has 2 rings (SSSR count). The van der Waals surface area contributed by atoms with Crippen LogP contribution in [0.1, 0.15) is 0 Å². The van der Waals surface area contributed by atoms with Crippen molar-refractivity contribution >= 4 is 5.97 Å². The molecule has 0 atom stereocenters. The Morgan fingerprint density at radius 2 is 2.12 bits per heavy atom. The normalized spacial score (nSPS) is 10.2. The number of benzene rings is 1. The Morgan fingerprint density at radius 3 is 2.81 bits per heavy atom. The summed E-state index contributed by atoms with van der Waals surface area (Å²) >= 11 is 0. The van der Waals surface area contributed by atoms with E-state index in [1.54, 1.807) is 18.2 Å². The summed E-state index contributed by atoms with van der Waals surface area (Å²) in [7, 11) is 0. The van der Waals surface area contributed by atoms with E-state index in [1.807, 2.05) is 0 Å².